The van der Waals surface area contributed by atoms with Gasteiger partial charge in [0.25, 0.3) is 0 Å². The normalized spacial score (nSPS) is 14.7. The Balaban J connectivity index is 3.60. The van der Waals surface area contributed by atoms with Crippen LogP contribution >= 0.6 is 7.82 Å². The predicted octanol–water partition coefficient (Wildman–Crippen LogP) is 4.20. The quantitative estimate of drug-likeness (QED) is 0.136. The van der Waals surface area contributed by atoms with Gasteiger partial charge in [0.05, 0.1) is 6.61 Å². The lowest BCUT2D eigenvalue weighted by Gasteiger charge is -2.17. The van der Waals surface area contributed by atoms with Gasteiger partial charge in [-0.15, -0.1) is 0 Å². The maximum absolute atomic E-state index is 11.8. The molecule has 0 fully saturated rings. The van der Waals surface area contributed by atoms with Gasteiger partial charge >= 0.3 is 7.82 Å². The standard InChI is InChI=1S/C21H39O7P/c1-2-3-4-5-6-7-8-9-10-11-12-13-14-15-16-17-19(22)21(24)20(23)18-28-29(25,26)27/h6-7,9-10,20-21,23-24H,2-5,8,11-18H2,1H3,(H2,25,26,27)/b7-6-,10-9-/t20-,21?/m0/s1. The summed E-state index contributed by atoms with van der Waals surface area (Å²) in [7, 11) is -4.73. The maximum Gasteiger partial charge on any atom is 0.469 e. The molecule has 8 heteroatoms. The summed E-state index contributed by atoms with van der Waals surface area (Å²) in [6.45, 7) is 1.42. The first kappa shape index (κ1) is 28.2. The molecule has 0 saturated heterocycles. The van der Waals surface area contributed by atoms with Crippen molar-refractivity contribution in [2.24, 2.45) is 0 Å². The third-order valence-corrected chi connectivity index (χ3v) is 4.97. The highest BCUT2D eigenvalue weighted by Gasteiger charge is 2.26. The molecule has 0 saturated carbocycles. The number of phosphoric acid groups is 1. The summed E-state index contributed by atoms with van der Waals surface area (Å²) in [5.41, 5.74) is 0. The minimum Gasteiger partial charge on any atom is -0.388 e. The summed E-state index contributed by atoms with van der Waals surface area (Å²) in [6, 6.07) is 0. The van der Waals surface area contributed by atoms with Crippen LogP contribution < -0.4 is 0 Å². The molecule has 7 nitrogen and oxygen atoms in total. The first-order valence-electron chi connectivity index (χ1n) is 10.7. The lowest BCUT2D eigenvalue weighted by molar-refractivity contribution is -0.134. The Bertz CT molecular complexity index is 513. The summed E-state index contributed by atoms with van der Waals surface area (Å²) < 4.78 is 14.6. The van der Waals surface area contributed by atoms with E-state index >= 15 is 0 Å². The Morgan fingerprint density at radius 3 is 2.03 bits per heavy atom. The smallest absolute Gasteiger partial charge is 0.388 e. The Labute approximate surface area is 175 Å². The van der Waals surface area contributed by atoms with Gasteiger partial charge in [-0.2, -0.15) is 0 Å². The van der Waals surface area contributed by atoms with E-state index in [1.165, 1.54) is 25.7 Å². The SMILES string of the molecule is CCCCC/C=C\C/C=C\CCCCCCCC(=O)C(O)[C@@H](O)COP(=O)(O)O. The highest BCUT2D eigenvalue weighted by atomic mass is 31.2. The molecule has 0 spiro atoms. The van der Waals surface area contributed by atoms with E-state index in [0.29, 0.717) is 6.42 Å². The number of ketones is 1. The number of carbonyl (C=O) groups is 1. The van der Waals surface area contributed by atoms with E-state index in [1.54, 1.807) is 0 Å². The maximum atomic E-state index is 11.8. The van der Waals surface area contributed by atoms with Crippen LogP contribution in [-0.2, 0) is 13.9 Å². The zero-order chi connectivity index (χ0) is 22.0. The van der Waals surface area contributed by atoms with Crippen molar-refractivity contribution in [1.82, 2.24) is 0 Å². The highest BCUT2D eigenvalue weighted by Crippen LogP contribution is 2.35. The van der Waals surface area contributed by atoms with Crippen molar-refractivity contribution in [2.75, 3.05) is 6.61 Å². The number of phosphoric ester groups is 1. The monoisotopic (exact) mass is 434 g/mol. The Hall–Kier alpha value is -0.820. The van der Waals surface area contributed by atoms with Crippen molar-refractivity contribution >= 4 is 13.6 Å². The van der Waals surface area contributed by atoms with Gasteiger partial charge in [-0.3, -0.25) is 9.32 Å². The zero-order valence-corrected chi connectivity index (χ0v) is 18.5. The molecule has 0 heterocycles. The van der Waals surface area contributed by atoms with E-state index in [9.17, 15) is 19.6 Å². The molecule has 29 heavy (non-hydrogen) atoms. The van der Waals surface area contributed by atoms with E-state index in [0.717, 1.165) is 38.5 Å². The number of carbonyl (C=O) groups excluding carboxylic acids is 1. The van der Waals surface area contributed by atoms with E-state index in [1.807, 2.05) is 0 Å². The molecular formula is C21H39O7P. The van der Waals surface area contributed by atoms with Crippen LogP contribution in [0, 0.1) is 0 Å². The second-order valence-corrected chi connectivity index (χ2v) is 8.48. The van der Waals surface area contributed by atoms with Gasteiger partial charge in [0.2, 0.25) is 0 Å². The van der Waals surface area contributed by atoms with Crippen molar-refractivity contribution in [3.8, 4) is 0 Å². The van der Waals surface area contributed by atoms with Crippen molar-refractivity contribution in [3.05, 3.63) is 24.3 Å². The average Bonchev–Trinajstić information content (AvgIpc) is 2.67. The predicted molar refractivity (Wildman–Crippen MR) is 114 cm³/mol. The molecule has 0 aromatic carbocycles. The topological polar surface area (TPSA) is 124 Å². The van der Waals surface area contributed by atoms with Gasteiger partial charge < -0.3 is 20.0 Å². The number of aliphatic hydroxyl groups excluding tert-OH is 2. The molecule has 4 N–H and O–H groups in total. The molecule has 2 atom stereocenters. The van der Waals surface area contributed by atoms with E-state index in [2.05, 4.69) is 35.8 Å². The van der Waals surface area contributed by atoms with Crippen molar-refractivity contribution in [2.45, 2.75) is 96.2 Å². The van der Waals surface area contributed by atoms with Crippen LogP contribution in [0.4, 0.5) is 0 Å². The van der Waals surface area contributed by atoms with Crippen LogP contribution in [0.5, 0.6) is 0 Å². The third kappa shape index (κ3) is 18.9. The number of aliphatic hydroxyl groups is 2. The molecule has 0 rings (SSSR count). The Morgan fingerprint density at radius 2 is 1.45 bits per heavy atom. The average molecular weight is 435 g/mol. The van der Waals surface area contributed by atoms with E-state index in [-0.39, 0.29) is 6.42 Å². The fourth-order valence-corrected chi connectivity index (χ4v) is 3.08. The number of rotatable bonds is 19. The summed E-state index contributed by atoms with van der Waals surface area (Å²) in [4.78, 5) is 28.9. The van der Waals surface area contributed by atoms with Gasteiger partial charge in [-0.25, -0.2) is 4.57 Å². The second-order valence-electron chi connectivity index (χ2n) is 7.25. The van der Waals surface area contributed by atoms with Gasteiger partial charge in [0, 0.05) is 6.42 Å². The summed E-state index contributed by atoms with van der Waals surface area (Å²) in [5.74, 6) is -0.544. The first-order valence-corrected chi connectivity index (χ1v) is 12.2. The Morgan fingerprint density at radius 1 is 0.897 bits per heavy atom. The highest BCUT2D eigenvalue weighted by molar-refractivity contribution is 7.46. The van der Waals surface area contributed by atoms with Crippen molar-refractivity contribution in [1.29, 1.82) is 0 Å². The van der Waals surface area contributed by atoms with Gasteiger partial charge in [0.15, 0.2) is 5.78 Å². The van der Waals surface area contributed by atoms with Crippen LogP contribution in [-0.4, -0.2) is 44.6 Å². The molecule has 170 valence electrons. The minimum absolute atomic E-state index is 0.124. The third-order valence-electron chi connectivity index (χ3n) is 4.48. The second kappa shape index (κ2) is 18.0. The number of Topliss-reactive ketones (excluding diaryl/α,β-unsaturated/α-hetero) is 1. The molecule has 0 amide bonds. The van der Waals surface area contributed by atoms with Crippen LogP contribution in [0.3, 0.4) is 0 Å². The number of unbranched alkanes of at least 4 members (excludes halogenated alkanes) is 8. The molecule has 0 aliphatic rings. The first-order chi connectivity index (χ1) is 13.8. The summed E-state index contributed by atoms with van der Waals surface area (Å²) in [5, 5.41) is 19.2. The summed E-state index contributed by atoms with van der Waals surface area (Å²) >= 11 is 0. The number of allylic oxidation sites excluding steroid dienone is 4. The van der Waals surface area contributed by atoms with Crippen LogP contribution in [0.1, 0.15) is 84.0 Å². The van der Waals surface area contributed by atoms with Gasteiger partial charge in [-0.1, -0.05) is 63.3 Å². The minimum atomic E-state index is -4.73. The molecular weight excluding hydrogens is 395 g/mol. The van der Waals surface area contributed by atoms with Crippen molar-refractivity contribution < 1.29 is 33.9 Å². The van der Waals surface area contributed by atoms with E-state index in [4.69, 9.17) is 9.79 Å². The van der Waals surface area contributed by atoms with Crippen molar-refractivity contribution in [3.63, 3.8) is 0 Å². The Kier molecular flexibility index (Phi) is 17.5. The fraction of sp³-hybridized carbons (Fsp3) is 0.762. The number of hydrogen-bond donors (Lipinski definition) is 4. The van der Waals surface area contributed by atoms with Gasteiger partial charge in [0.1, 0.15) is 12.2 Å². The molecule has 0 aliphatic heterocycles. The molecule has 0 aliphatic carbocycles. The zero-order valence-electron chi connectivity index (χ0n) is 17.6. The van der Waals surface area contributed by atoms with Gasteiger partial charge in [-0.05, 0) is 38.5 Å². The number of hydrogen-bond acceptors (Lipinski definition) is 5. The fourth-order valence-electron chi connectivity index (χ4n) is 2.74. The lowest BCUT2D eigenvalue weighted by atomic mass is 10.0. The molecule has 0 aromatic rings. The van der Waals surface area contributed by atoms with Crippen LogP contribution in [0.15, 0.2) is 24.3 Å². The molecule has 1 unspecified atom stereocenters. The lowest BCUT2D eigenvalue weighted by Crippen LogP contribution is -2.36. The molecule has 0 aromatic heterocycles. The van der Waals surface area contributed by atoms with E-state index < -0.39 is 32.4 Å². The van der Waals surface area contributed by atoms with Crippen LogP contribution in [0.25, 0.3) is 0 Å². The van der Waals surface area contributed by atoms with Crippen LogP contribution in [0.2, 0.25) is 0 Å². The molecule has 0 radical (unpaired) electrons. The molecule has 0 bridgehead atoms. The summed E-state index contributed by atoms with van der Waals surface area (Å²) in [6.07, 6.45) is 17.3. The largest absolute Gasteiger partial charge is 0.469 e.